The normalized spacial score (nSPS) is 17.5. The Labute approximate surface area is 573 Å². The molecule has 526 valence electrons. The van der Waals surface area contributed by atoms with Gasteiger partial charge in [-0.3, -0.25) is 24.2 Å². The van der Waals surface area contributed by atoms with Crippen LogP contribution in [0.3, 0.4) is 0 Å². The number of carbonyl (C=O) groups excluding carboxylic acids is 5. The number of anilines is 8. The van der Waals surface area contributed by atoms with E-state index in [4.69, 9.17) is 41.0 Å². The molecule has 0 aliphatic heterocycles. The van der Waals surface area contributed by atoms with Crippen LogP contribution in [0.15, 0.2) is 97.8 Å². The number of nitrogens with zero attached hydrogens (tertiary/aromatic N) is 13. The number of hydrogen-bond donors (Lipinski definition) is 10. The Kier molecular flexibility index (Phi) is 22.7. The molecule has 3 saturated carbocycles. The molecule has 11 N–H and O–H groups in total. The molecule has 0 atom stereocenters. The van der Waals surface area contributed by atoms with Gasteiger partial charge in [-0.1, -0.05) is 11.6 Å². The number of fused-ring (bicyclic) bond motifs is 3. The van der Waals surface area contributed by atoms with E-state index in [9.17, 15) is 39.3 Å². The molecule has 34 heteroatoms. The van der Waals surface area contributed by atoms with E-state index in [1.165, 1.54) is 44.5 Å². The van der Waals surface area contributed by atoms with Crippen molar-refractivity contribution < 1.29 is 63.0 Å². The van der Waals surface area contributed by atoms with Crippen LogP contribution >= 0.6 is 11.6 Å². The summed E-state index contributed by atoms with van der Waals surface area (Å²) in [5, 5.41) is 59.5. The van der Waals surface area contributed by atoms with Gasteiger partial charge >= 0.3 is 12.2 Å². The Bertz CT molecular complexity index is 4360. The van der Waals surface area contributed by atoms with Crippen LogP contribution in [0.1, 0.15) is 111 Å². The summed E-state index contributed by atoms with van der Waals surface area (Å²) < 4.78 is 30.7. The number of methoxy groups -OCH3 is 3. The molecule has 3 aliphatic carbocycles. The second kappa shape index (κ2) is 31.1. The Morgan fingerprint density at radius 1 is 0.556 bits per heavy atom. The smallest absolute Gasteiger partial charge is 0.415 e. The number of nitrogens with two attached hydrogens (primary N) is 1. The topological polar surface area (TPSA) is 413 Å². The molecule has 3 aliphatic rings. The third-order valence-corrected chi connectivity index (χ3v) is 15.5. The number of hydrogen-bond acceptors (Lipinski definition) is 25. The first-order valence-corrected chi connectivity index (χ1v) is 31.7. The second-order valence-corrected chi connectivity index (χ2v) is 25.6. The number of halogens is 1. The van der Waals surface area contributed by atoms with E-state index < -0.39 is 29.5 Å². The number of nitrogens with one attached hydrogen (secondary N) is 6. The van der Waals surface area contributed by atoms with Crippen molar-refractivity contribution >= 4 is 104 Å². The lowest BCUT2D eigenvalue weighted by Crippen LogP contribution is -2.46. The quantitative estimate of drug-likeness (QED) is 0.0467. The molecule has 12 rings (SSSR count). The summed E-state index contributed by atoms with van der Waals surface area (Å²) >= 11 is 6.22. The van der Waals surface area contributed by atoms with Crippen LogP contribution in [-0.4, -0.2) is 189 Å². The molecule has 33 nitrogen and oxygen atoms in total. The molecule has 9 heterocycles. The fourth-order valence-corrected chi connectivity index (χ4v) is 10.3. The van der Waals surface area contributed by atoms with Gasteiger partial charge in [-0.05, 0) is 129 Å². The van der Waals surface area contributed by atoms with Crippen LogP contribution in [0.25, 0.3) is 16.8 Å². The number of pyridine rings is 4. The number of aromatic nitrogens is 11. The molecule has 0 unspecified atom stereocenters. The molecule has 0 radical (unpaired) electrons. The lowest BCUT2D eigenvalue weighted by atomic mass is 9.89. The lowest BCUT2D eigenvalue weighted by molar-refractivity contribution is 0.0553. The van der Waals surface area contributed by atoms with Gasteiger partial charge in [0.1, 0.15) is 62.8 Å². The Hall–Kier alpha value is -10.9. The summed E-state index contributed by atoms with van der Waals surface area (Å²) in [4.78, 5) is 87.3. The fraction of sp³-hybridized carbons (Fsp3) is 0.400. The number of aliphatic hydroxyl groups excluding tert-OH is 3. The van der Waals surface area contributed by atoms with E-state index in [0.29, 0.717) is 130 Å². The van der Waals surface area contributed by atoms with Crippen molar-refractivity contribution in [3.8, 4) is 17.6 Å². The van der Waals surface area contributed by atoms with Crippen molar-refractivity contribution in [3.63, 3.8) is 0 Å². The molecule has 99 heavy (non-hydrogen) atoms. The standard InChI is InChI=1S/C23H29N7O5.C18H23ClN4O4.C18H21N7O3.C6H8N2O/c1-23(2,3)35-22(33)29(4)18-11-17(27-16-7-6-8-24-21(16)34-5)28-19-15(12-25-30(18)19)20(32)26-13-9-14(31)10-13;1-18(2,3)27-17(26)22(4)15-6-10(19)5-14-13(9-20-23(14)15)16(25)21-11-7-12(24)8-11;1-19-15-8-14(23-13-4-3-5-20-18(13)28-2)24-16-12(9-21-25(15)16)17(27)22-10-6-11(26)7-10;1-9-6-5(7)3-2-4-8-6/h6-8,11-14,31H,9-10H2,1-5H3,(H,26,32)(H,27,28);5-6,9,11-12,24H,7-8H2,1-4H3,(H,21,25);3-5,8-11,19,26H,6-7H2,1-2H3,(H,22,27)(H,23,24);2-4H,7H2,1H3. The fourth-order valence-electron chi connectivity index (χ4n) is 10.1. The van der Waals surface area contributed by atoms with Crippen molar-refractivity contribution in [2.24, 2.45) is 0 Å². The number of rotatable bonds is 16. The first-order chi connectivity index (χ1) is 47.0. The zero-order chi connectivity index (χ0) is 71.6. The minimum absolute atomic E-state index is 0.0258. The zero-order valence-electron chi connectivity index (χ0n) is 56.6. The predicted octanol–water partition coefficient (Wildman–Crippen LogP) is 6.96. The highest BCUT2D eigenvalue weighted by atomic mass is 35.5. The Balaban J connectivity index is 0.000000164. The van der Waals surface area contributed by atoms with Crippen LogP contribution in [0.5, 0.6) is 17.6 Å². The number of ether oxygens (including phenoxy) is 5. The van der Waals surface area contributed by atoms with E-state index in [-0.39, 0.29) is 59.3 Å². The monoisotopic (exact) mass is 1380 g/mol. The maximum Gasteiger partial charge on any atom is 0.415 e. The molecule has 0 bridgehead atoms. The minimum Gasteiger partial charge on any atom is -0.480 e. The van der Waals surface area contributed by atoms with E-state index in [0.717, 1.165) is 0 Å². The SMILES string of the molecule is CN(C(=O)OC(C)(C)C)c1cc(Cl)cc2c(C(=O)NC3CC(O)C3)cnn12.CNc1cc(Nc2cccnc2OC)nc2c(C(=O)NC3CC(O)C3)cnn12.COc1ncccc1N.COc1ncccc1Nc1cc(N(C)C(=O)OC(C)(C)C)n2ncc(C(=O)NC3CC(O)C3)c2n1. The second-order valence-electron chi connectivity index (χ2n) is 25.2. The molecule has 0 spiro atoms. The van der Waals surface area contributed by atoms with Crippen molar-refractivity contribution in [1.82, 2.24) is 69.7 Å². The van der Waals surface area contributed by atoms with Gasteiger partial charge in [-0.25, -0.2) is 39.0 Å². The van der Waals surface area contributed by atoms with E-state index >= 15 is 0 Å². The van der Waals surface area contributed by atoms with Gasteiger partial charge < -0.3 is 76.6 Å². The van der Waals surface area contributed by atoms with Gasteiger partial charge in [0.15, 0.2) is 11.3 Å². The third kappa shape index (κ3) is 18.0. The number of amides is 5. The number of aliphatic hydroxyl groups is 3. The van der Waals surface area contributed by atoms with E-state index in [2.05, 4.69) is 72.1 Å². The summed E-state index contributed by atoms with van der Waals surface area (Å²) in [7, 11) is 9.45. The van der Waals surface area contributed by atoms with Crippen LogP contribution in [0.2, 0.25) is 5.02 Å². The van der Waals surface area contributed by atoms with Gasteiger partial charge in [-0.15, -0.1) is 0 Å². The highest BCUT2D eigenvalue weighted by Crippen LogP contribution is 2.32. The molecule has 9 aromatic rings. The van der Waals surface area contributed by atoms with Crippen molar-refractivity contribution in [2.45, 2.75) is 128 Å². The first kappa shape index (κ1) is 72.4. The van der Waals surface area contributed by atoms with Crippen LogP contribution in [0, 0.1) is 0 Å². The molecule has 3 fully saturated rings. The van der Waals surface area contributed by atoms with Crippen molar-refractivity contribution in [1.29, 1.82) is 0 Å². The van der Waals surface area contributed by atoms with Gasteiger partial charge in [0.05, 0.1) is 75.0 Å². The molecular weight excluding hydrogens is 1300 g/mol. The van der Waals surface area contributed by atoms with Crippen molar-refractivity contribution in [3.05, 3.63) is 120 Å². The highest BCUT2D eigenvalue weighted by Gasteiger charge is 2.34. The van der Waals surface area contributed by atoms with E-state index in [1.54, 1.807) is 155 Å². The van der Waals surface area contributed by atoms with Crippen LogP contribution in [-0.2, 0) is 9.47 Å². The number of carbonyl (C=O) groups is 5. The molecule has 0 aromatic carbocycles. The maximum atomic E-state index is 13.0. The zero-order valence-corrected chi connectivity index (χ0v) is 57.4. The first-order valence-electron chi connectivity index (χ1n) is 31.3. The molecule has 5 amide bonds. The number of nitrogen functional groups attached to an aromatic ring is 1. The molecular formula is C65H81ClN20O13. The summed E-state index contributed by atoms with van der Waals surface area (Å²) in [5.41, 5.74) is 7.92. The summed E-state index contributed by atoms with van der Waals surface area (Å²) in [6.07, 6.45) is 10.1. The average molecular weight is 1390 g/mol. The van der Waals surface area contributed by atoms with Crippen LogP contribution in [0.4, 0.5) is 55.7 Å². The predicted molar refractivity (Wildman–Crippen MR) is 368 cm³/mol. The minimum atomic E-state index is -0.704. The molecule has 0 saturated heterocycles. The lowest BCUT2D eigenvalue weighted by Gasteiger charge is -2.31. The highest BCUT2D eigenvalue weighted by molar-refractivity contribution is 6.31. The van der Waals surface area contributed by atoms with E-state index in [1.807, 2.05) is 6.07 Å². The Morgan fingerprint density at radius 2 is 0.949 bits per heavy atom. The van der Waals surface area contributed by atoms with Gasteiger partial charge in [0.2, 0.25) is 17.6 Å². The Morgan fingerprint density at radius 3 is 1.37 bits per heavy atom. The summed E-state index contributed by atoms with van der Waals surface area (Å²) in [5.74, 6) is 2.55. The third-order valence-electron chi connectivity index (χ3n) is 15.3. The van der Waals surface area contributed by atoms with Crippen LogP contribution < -0.4 is 61.6 Å². The molecule has 9 aromatic heterocycles. The largest absolute Gasteiger partial charge is 0.480 e. The summed E-state index contributed by atoms with van der Waals surface area (Å²) in [6, 6.07) is 17.0. The van der Waals surface area contributed by atoms with Gasteiger partial charge in [0, 0.05) is 75.0 Å². The van der Waals surface area contributed by atoms with Gasteiger partial charge in [-0.2, -0.15) is 24.3 Å². The van der Waals surface area contributed by atoms with Gasteiger partial charge in [0.25, 0.3) is 17.7 Å². The van der Waals surface area contributed by atoms with Crippen molar-refractivity contribution in [2.75, 3.05) is 74.0 Å². The summed E-state index contributed by atoms with van der Waals surface area (Å²) in [6.45, 7) is 10.7. The average Bonchev–Trinajstić information content (AvgIpc) is 1.69. The maximum absolute atomic E-state index is 13.0.